The highest BCUT2D eigenvalue weighted by Crippen LogP contribution is 2.10. The second kappa shape index (κ2) is 11.1. The molecule has 0 bridgehead atoms. The minimum absolute atomic E-state index is 0. The van der Waals surface area contributed by atoms with E-state index in [1.54, 1.807) is 7.05 Å². The summed E-state index contributed by atoms with van der Waals surface area (Å²) in [6.45, 7) is 8.67. The van der Waals surface area contributed by atoms with Gasteiger partial charge in [-0.3, -0.25) is 9.79 Å². The molecule has 2 N–H and O–H groups in total. The molecule has 1 aromatic rings. The third-order valence-corrected chi connectivity index (χ3v) is 2.73. The van der Waals surface area contributed by atoms with Gasteiger partial charge in [-0.2, -0.15) is 0 Å². The number of hydrogen-bond donors (Lipinski definition) is 2. The molecule has 0 aliphatic heterocycles. The molecule has 0 aromatic heterocycles. The van der Waals surface area contributed by atoms with Crippen LogP contribution in [0.5, 0.6) is 5.75 Å². The van der Waals surface area contributed by atoms with Crippen LogP contribution in [0.3, 0.4) is 0 Å². The SMILES string of the molecule is CN=C(NCCOc1ccc(C)cc1)NCC(=O)OC(C)(C)C.I. The van der Waals surface area contributed by atoms with Crippen LogP contribution in [0.25, 0.3) is 0 Å². The number of halogens is 1. The molecule has 0 amide bonds. The van der Waals surface area contributed by atoms with Gasteiger partial charge in [-0.15, -0.1) is 24.0 Å². The average molecular weight is 449 g/mol. The number of aliphatic imine (C=N–C) groups is 1. The summed E-state index contributed by atoms with van der Waals surface area (Å²) in [6.07, 6.45) is 0. The molecule has 0 aliphatic carbocycles. The molecule has 0 aliphatic rings. The Bertz CT molecular complexity index is 525. The average Bonchev–Trinajstić information content (AvgIpc) is 2.46. The molecule has 0 heterocycles. The third kappa shape index (κ3) is 10.3. The smallest absolute Gasteiger partial charge is 0.325 e. The number of esters is 1. The molecule has 0 saturated heterocycles. The summed E-state index contributed by atoms with van der Waals surface area (Å²) in [4.78, 5) is 15.7. The number of carbonyl (C=O) groups is 1. The molecule has 7 heteroatoms. The van der Waals surface area contributed by atoms with Crippen LogP contribution in [0.2, 0.25) is 0 Å². The van der Waals surface area contributed by atoms with Crippen molar-refractivity contribution in [3.63, 3.8) is 0 Å². The minimum Gasteiger partial charge on any atom is -0.492 e. The van der Waals surface area contributed by atoms with Gasteiger partial charge in [-0.1, -0.05) is 17.7 Å². The molecule has 6 nitrogen and oxygen atoms in total. The van der Waals surface area contributed by atoms with E-state index < -0.39 is 5.60 Å². The predicted octanol–water partition coefficient (Wildman–Crippen LogP) is 2.50. The van der Waals surface area contributed by atoms with E-state index in [9.17, 15) is 4.79 Å². The number of rotatable bonds is 6. The standard InChI is InChI=1S/C17H27N3O3.HI/c1-13-6-8-14(9-7-13)22-11-10-19-16(18-5)20-12-15(21)23-17(2,3)4;/h6-9H,10-12H2,1-5H3,(H2,18,19,20);1H. The van der Waals surface area contributed by atoms with E-state index in [2.05, 4.69) is 15.6 Å². The van der Waals surface area contributed by atoms with E-state index in [4.69, 9.17) is 9.47 Å². The molecule has 0 fully saturated rings. The van der Waals surface area contributed by atoms with Gasteiger partial charge < -0.3 is 20.1 Å². The summed E-state index contributed by atoms with van der Waals surface area (Å²) < 4.78 is 10.8. The lowest BCUT2D eigenvalue weighted by atomic mass is 10.2. The molecular formula is C17H28IN3O3. The third-order valence-electron chi connectivity index (χ3n) is 2.73. The number of carbonyl (C=O) groups excluding carboxylic acids is 1. The van der Waals surface area contributed by atoms with Crippen LogP contribution < -0.4 is 15.4 Å². The lowest BCUT2D eigenvalue weighted by Crippen LogP contribution is -2.42. The van der Waals surface area contributed by atoms with Crippen LogP contribution in [0.1, 0.15) is 26.3 Å². The summed E-state index contributed by atoms with van der Waals surface area (Å²) in [5, 5.41) is 5.98. The maximum Gasteiger partial charge on any atom is 0.325 e. The van der Waals surface area contributed by atoms with Crippen molar-refractivity contribution in [2.75, 3.05) is 26.7 Å². The quantitative estimate of drug-likeness (QED) is 0.230. The summed E-state index contributed by atoms with van der Waals surface area (Å²) in [5.41, 5.74) is 0.708. The van der Waals surface area contributed by atoms with Gasteiger partial charge in [0.15, 0.2) is 5.96 Å². The van der Waals surface area contributed by atoms with E-state index in [0.29, 0.717) is 19.1 Å². The summed E-state index contributed by atoms with van der Waals surface area (Å²) in [6, 6.07) is 7.88. The molecule has 1 aromatic carbocycles. The molecule has 0 saturated carbocycles. The number of nitrogens with one attached hydrogen (secondary N) is 2. The van der Waals surface area contributed by atoms with Gasteiger partial charge in [0, 0.05) is 7.05 Å². The maximum atomic E-state index is 11.6. The summed E-state index contributed by atoms with van der Waals surface area (Å²) in [5.74, 6) is 1.04. The zero-order valence-electron chi connectivity index (χ0n) is 15.0. The maximum absolute atomic E-state index is 11.6. The van der Waals surface area contributed by atoms with E-state index in [1.165, 1.54) is 5.56 Å². The van der Waals surface area contributed by atoms with Crippen molar-refractivity contribution in [1.82, 2.24) is 10.6 Å². The van der Waals surface area contributed by atoms with E-state index >= 15 is 0 Å². The van der Waals surface area contributed by atoms with E-state index in [-0.39, 0.29) is 36.5 Å². The Morgan fingerprint density at radius 3 is 2.33 bits per heavy atom. The van der Waals surface area contributed by atoms with Crippen LogP contribution in [0, 0.1) is 6.92 Å². The van der Waals surface area contributed by atoms with Crippen molar-refractivity contribution in [1.29, 1.82) is 0 Å². The Balaban J connectivity index is 0.00000529. The van der Waals surface area contributed by atoms with E-state index in [0.717, 1.165) is 5.75 Å². The highest BCUT2D eigenvalue weighted by molar-refractivity contribution is 14.0. The normalized spacial score (nSPS) is 11.3. The Labute approximate surface area is 161 Å². The van der Waals surface area contributed by atoms with Crippen molar-refractivity contribution in [2.24, 2.45) is 4.99 Å². The first-order chi connectivity index (χ1) is 10.8. The molecule has 0 unspecified atom stereocenters. The highest BCUT2D eigenvalue weighted by atomic mass is 127. The molecule has 0 spiro atoms. The monoisotopic (exact) mass is 449 g/mol. The lowest BCUT2D eigenvalue weighted by molar-refractivity contribution is -0.153. The number of ether oxygens (including phenoxy) is 2. The first-order valence-electron chi connectivity index (χ1n) is 7.66. The van der Waals surface area contributed by atoms with Crippen LogP contribution in [-0.2, 0) is 9.53 Å². The van der Waals surface area contributed by atoms with Gasteiger partial charge in [0.2, 0.25) is 0 Å². The number of hydrogen-bond acceptors (Lipinski definition) is 4. The second-order valence-corrected chi connectivity index (χ2v) is 6.10. The fourth-order valence-corrected chi connectivity index (χ4v) is 1.73. The first kappa shape index (κ1) is 22.5. The Morgan fingerprint density at radius 2 is 1.79 bits per heavy atom. The predicted molar refractivity (Wildman–Crippen MR) is 107 cm³/mol. The van der Waals surface area contributed by atoms with Crippen LogP contribution in [0.15, 0.2) is 29.3 Å². The van der Waals surface area contributed by atoms with Crippen LogP contribution in [-0.4, -0.2) is 44.3 Å². The molecule has 0 radical (unpaired) electrons. The second-order valence-electron chi connectivity index (χ2n) is 6.10. The zero-order chi connectivity index (χ0) is 17.3. The van der Waals surface area contributed by atoms with Crippen LogP contribution in [0.4, 0.5) is 0 Å². The molecule has 1 rings (SSSR count). The minimum atomic E-state index is -0.489. The van der Waals surface area contributed by atoms with Gasteiger partial charge in [0.25, 0.3) is 0 Å². The molecule has 0 atom stereocenters. The number of guanidine groups is 1. The van der Waals surface area contributed by atoms with Crippen molar-refractivity contribution >= 4 is 35.9 Å². The van der Waals surface area contributed by atoms with Crippen molar-refractivity contribution in [2.45, 2.75) is 33.3 Å². The topological polar surface area (TPSA) is 72.0 Å². The highest BCUT2D eigenvalue weighted by Gasteiger charge is 2.16. The van der Waals surface area contributed by atoms with Gasteiger partial charge in [-0.25, -0.2) is 0 Å². The molecule has 24 heavy (non-hydrogen) atoms. The Morgan fingerprint density at radius 1 is 1.17 bits per heavy atom. The molecular weight excluding hydrogens is 421 g/mol. The Hall–Kier alpha value is -1.51. The van der Waals surface area contributed by atoms with Gasteiger partial charge >= 0.3 is 5.97 Å². The van der Waals surface area contributed by atoms with Crippen molar-refractivity contribution < 1.29 is 14.3 Å². The van der Waals surface area contributed by atoms with Crippen molar-refractivity contribution in [3.05, 3.63) is 29.8 Å². The van der Waals surface area contributed by atoms with Gasteiger partial charge in [-0.05, 0) is 39.8 Å². The zero-order valence-corrected chi connectivity index (χ0v) is 17.3. The lowest BCUT2D eigenvalue weighted by Gasteiger charge is -2.20. The number of nitrogens with zero attached hydrogens (tertiary/aromatic N) is 1. The Kier molecular flexibility index (Phi) is 10.4. The van der Waals surface area contributed by atoms with E-state index in [1.807, 2.05) is 52.0 Å². The number of aryl methyl sites for hydroxylation is 1. The van der Waals surface area contributed by atoms with Gasteiger partial charge in [0.1, 0.15) is 24.5 Å². The van der Waals surface area contributed by atoms with Crippen molar-refractivity contribution in [3.8, 4) is 5.75 Å². The van der Waals surface area contributed by atoms with Crippen LogP contribution >= 0.6 is 24.0 Å². The first-order valence-corrected chi connectivity index (χ1v) is 7.66. The summed E-state index contributed by atoms with van der Waals surface area (Å²) in [7, 11) is 1.64. The van der Waals surface area contributed by atoms with Gasteiger partial charge in [0.05, 0.1) is 6.54 Å². The summed E-state index contributed by atoms with van der Waals surface area (Å²) >= 11 is 0. The largest absolute Gasteiger partial charge is 0.492 e. The fourth-order valence-electron chi connectivity index (χ4n) is 1.73. The number of benzene rings is 1. The molecule has 136 valence electrons. The fraction of sp³-hybridized carbons (Fsp3) is 0.529.